The first kappa shape index (κ1) is 17.9. The molecule has 0 spiro atoms. The standard InChI is InChI=1S/C11H12F5NO.ClH/c1-2-18-8-5-3-4-7(6-8)9(17)10(12,13)11(14,15)16;/h3-6,9H,2,17H2,1H3;1H/t9-;/m0./s1. The van der Waals surface area contributed by atoms with Crippen LogP contribution in [-0.2, 0) is 0 Å². The molecular formula is C11H13ClF5NO. The fourth-order valence-corrected chi connectivity index (χ4v) is 1.35. The van der Waals surface area contributed by atoms with E-state index in [-0.39, 0.29) is 30.3 Å². The van der Waals surface area contributed by atoms with Crippen molar-refractivity contribution in [1.82, 2.24) is 0 Å². The molecule has 0 fully saturated rings. The molecule has 0 aliphatic carbocycles. The predicted octanol–water partition coefficient (Wildman–Crippen LogP) is 3.70. The van der Waals surface area contributed by atoms with Gasteiger partial charge in [-0.2, -0.15) is 22.0 Å². The van der Waals surface area contributed by atoms with Gasteiger partial charge in [-0.15, -0.1) is 12.4 Å². The Bertz CT molecular complexity index is 410. The molecule has 0 saturated carbocycles. The molecule has 0 radical (unpaired) electrons. The quantitative estimate of drug-likeness (QED) is 0.861. The number of benzene rings is 1. The number of halogens is 6. The second-order valence-electron chi connectivity index (χ2n) is 3.60. The van der Waals surface area contributed by atoms with Crippen molar-refractivity contribution in [3.63, 3.8) is 0 Å². The van der Waals surface area contributed by atoms with E-state index >= 15 is 0 Å². The van der Waals surface area contributed by atoms with Crippen LogP contribution in [-0.4, -0.2) is 18.7 Å². The monoisotopic (exact) mass is 305 g/mol. The number of ether oxygens (including phenoxy) is 1. The van der Waals surface area contributed by atoms with Crippen molar-refractivity contribution in [2.24, 2.45) is 5.73 Å². The van der Waals surface area contributed by atoms with E-state index in [0.29, 0.717) is 0 Å². The maximum atomic E-state index is 13.0. The smallest absolute Gasteiger partial charge is 0.455 e. The average Bonchev–Trinajstić information content (AvgIpc) is 2.27. The maximum absolute atomic E-state index is 13.0. The van der Waals surface area contributed by atoms with E-state index < -0.39 is 18.1 Å². The third-order valence-corrected chi connectivity index (χ3v) is 2.30. The SMILES string of the molecule is CCOc1cccc([C@H](N)C(F)(F)C(F)(F)F)c1.Cl. The number of hydrogen-bond donors (Lipinski definition) is 1. The Morgan fingerprint density at radius 2 is 1.79 bits per heavy atom. The molecule has 0 unspecified atom stereocenters. The molecule has 0 aliphatic heterocycles. The number of alkyl halides is 5. The van der Waals surface area contributed by atoms with Crippen LogP contribution in [0.15, 0.2) is 24.3 Å². The lowest BCUT2D eigenvalue weighted by atomic mass is 10.0. The third kappa shape index (κ3) is 3.94. The lowest BCUT2D eigenvalue weighted by Gasteiger charge is -2.26. The zero-order valence-corrected chi connectivity index (χ0v) is 10.7. The molecule has 1 rings (SSSR count). The highest BCUT2D eigenvalue weighted by Crippen LogP contribution is 2.43. The van der Waals surface area contributed by atoms with E-state index in [1.54, 1.807) is 6.92 Å². The molecule has 0 aromatic heterocycles. The van der Waals surface area contributed by atoms with Gasteiger partial charge in [-0.25, -0.2) is 0 Å². The molecule has 0 bridgehead atoms. The van der Waals surface area contributed by atoms with Gasteiger partial charge >= 0.3 is 12.1 Å². The van der Waals surface area contributed by atoms with E-state index in [1.165, 1.54) is 12.1 Å². The molecule has 19 heavy (non-hydrogen) atoms. The Kier molecular flexibility index (Phi) is 6.02. The van der Waals surface area contributed by atoms with Crippen LogP contribution in [0.3, 0.4) is 0 Å². The van der Waals surface area contributed by atoms with Gasteiger partial charge in [0.15, 0.2) is 0 Å². The molecule has 0 heterocycles. The summed E-state index contributed by atoms with van der Waals surface area (Å²) in [5.74, 6) is -4.79. The van der Waals surface area contributed by atoms with Crippen molar-refractivity contribution < 1.29 is 26.7 Å². The average molecular weight is 306 g/mol. The summed E-state index contributed by atoms with van der Waals surface area (Å²) in [6.07, 6.45) is -5.69. The van der Waals surface area contributed by atoms with E-state index in [9.17, 15) is 22.0 Å². The third-order valence-electron chi connectivity index (χ3n) is 2.30. The normalized spacial score (nSPS) is 13.6. The topological polar surface area (TPSA) is 35.2 Å². The van der Waals surface area contributed by atoms with Crippen molar-refractivity contribution >= 4 is 12.4 Å². The molecule has 0 saturated heterocycles. The number of rotatable bonds is 4. The van der Waals surface area contributed by atoms with E-state index in [1.807, 2.05) is 0 Å². The zero-order valence-electron chi connectivity index (χ0n) is 9.88. The fraction of sp³-hybridized carbons (Fsp3) is 0.455. The summed E-state index contributed by atoms with van der Waals surface area (Å²) in [6, 6.07) is 2.48. The van der Waals surface area contributed by atoms with Crippen LogP contribution in [0.5, 0.6) is 5.75 Å². The van der Waals surface area contributed by atoms with E-state index in [2.05, 4.69) is 0 Å². The highest BCUT2D eigenvalue weighted by molar-refractivity contribution is 5.85. The minimum Gasteiger partial charge on any atom is -0.494 e. The van der Waals surface area contributed by atoms with E-state index in [0.717, 1.165) is 12.1 Å². The molecule has 1 aromatic rings. The lowest BCUT2D eigenvalue weighted by Crippen LogP contribution is -2.45. The summed E-state index contributed by atoms with van der Waals surface area (Å²) in [5.41, 5.74) is 4.67. The van der Waals surface area contributed by atoms with Crippen LogP contribution in [0, 0.1) is 0 Å². The van der Waals surface area contributed by atoms with Gasteiger partial charge in [-0.05, 0) is 24.6 Å². The molecule has 1 atom stereocenters. The first-order valence-corrected chi connectivity index (χ1v) is 5.13. The van der Waals surface area contributed by atoms with Crippen LogP contribution in [0.1, 0.15) is 18.5 Å². The second kappa shape index (κ2) is 6.38. The summed E-state index contributed by atoms with van der Waals surface area (Å²) in [5, 5.41) is 0. The molecule has 8 heteroatoms. The van der Waals surface area contributed by atoms with Gasteiger partial charge in [-0.3, -0.25) is 0 Å². The zero-order chi connectivity index (χ0) is 14.0. The van der Waals surface area contributed by atoms with Gasteiger partial charge < -0.3 is 10.5 Å². The van der Waals surface area contributed by atoms with Gasteiger partial charge in [0, 0.05) is 0 Å². The van der Waals surface area contributed by atoms with Crippen LogP contribution >= 0.6 is 12.4 Å². The van der Waals surface area contributed by atoms with Gasteiger partial charge in [0.2, 0.25) is 0 Å². The first-order chi connectivity index (χ1) is 8.20. The first-order valence-electron chi connectivity index (χ1n) is 5.13. The Hall–Kier alpha value is -1.08. The Labute approximate surface area is 113 Å². The van der Waals surface area contributed by atoms with Crippen molar-refractivity contribution in [2.45, 2.75) is 25.1 Å². The van der Waals surface area contributed by atoms with Crippen LogP contribution in [0.2, 0.25) is 0 Å². The Balaban J connectivity index is 0.00000324. The molecular weight excluding hydrogens is 293 g/mol. The number of nitrogens with two attached hydrogens (primary N) is 1. The van der Waals surface area contributed by atoms with Gasteiger partial charge in [-0.1, -0.05) is 12.1 Å². The summed E-state index contributed by atoms with van der Waals surface area (Å²) < 4.78 is 67.6. The van der Waals surface area contributed by atoms with Crippen molar-refractivity contribution in [3.8, 4) is 5.75 Å². The van der Waals surface area contributed by atoms with Crippen molar-refractivity contribution in [3.05, 3.63) is 29.8 Å². The Morgan fingerprint density at radius 1 is 1.21 bits per heavy atom. The summed E-state index contributed by atoms with van der Waals surface area (Å²) in [4.78, 5) is 0. The molecule has 110 valence electrons. The van der Waals surface area contributed by atoms with Gasteiger partial charge in [0.25, 0.3) is 0 Å². The molecule has 2 nitrogen and oxygen atoms in total. The van der Waals surface area contributed by atoms with Crippen LogP contribution in [0.4, 0.5) is 22.0 Å². The van der Waals surface area contributed by atoms with Gasteiger partial charge in [0.1, 0.15) is 11.8 Å². The minimum absolute atomic E-state index is 0. The summed E-state index contributed by atoms with van der Waals surface area (Å²) >= 11 is 0. The maximum Gasteiger partial charge on any atom is 0.455 e. The summed E-state index contributed by atoms with van der Waals surface area (Å²) in [6.45, 7) is 1.94. The molecule has 1 aromatic carbocycles. The molecule has 0 aliphatic rings. The lowest BCUT2D eigenvalue weighted by molar-refractivity contribution is -0.291. The molecule has 2 N–H and O–H groups in total. The van der Waals surface area contributed by atoms with Crippen molar-refractivity contribution in [2.75, 3.05) is 6.61 Å². The Morgan fingerprint density at radius 3 is 2.26 bits per heavy atom. The minimum atomic E-state index is -5.69. The van der Waals surface area contributed by atoms with Crippen LogP contribution in [0.25, 0.3) is 0 Å². The second-order valence-corrected chi connectivity index (χ2v) is 3.60. The predicted molar refractivity (Wildman–Crippen MR) is 62.8 cm³/mol. The van der Waals surface area contributed by atoms with E-state index in [4.69, 9.17) is 10.5 Å². The van der Waals surface area contributed by atoms with Crippen LogP contribution < -0.4 is 10.5 Å². The largest absolute Gasteiger partial charge is 0.494 e. The summed E-state index contributed by atoms with van der Waals surface area (Å²) in [7, 11) is 0. The fourth-order valence-electron chi connectivity index (χ4n) is 1.35. The highest BCUT2D eigenvalue weighted by Gasteiger charge is 2.61. The highest BCUT2D eigenvalue weighted by atomic mass is 35.5. The van der Waals surface area contributed by atoms with Crippen molar-refractivity contribution in [1.29, 1.82) is 0 Å². The van der Waals surface area contributed by atoms with Gasteiger partial charge in [0.05, 0.1) is 6.61 Å². The molecule has 0 amide bonds. The number of hydrogen-bond acceptors (Lipinski definition) is 2.